The van der Waals surface area contributed by atoms with Gasteiger partial charge in [-0.2, -0.15) is 0 Å². The van der Waals surface area contributed by atoms with Crippen LogP contribution in [0.4, 0.5) is 0 Å². The van der Waals surface area contributed by atoms with Gasteiger partial charge in [0.1, 0.15) is 0 Å². The number of aliphatic carboxylic acids is 2. The van der Waals surface area contributed by atoms with Crippen molar-refractivity contribution in [1.29, 1.82) is 0 Å². The molecule has 0 aliphatic rings. The number of carbonyl (C=O) groups is 2. The topological polar surface area (TPSA) is 80.3 Å². The average molecular weight is 489 g/mol. The Labute approximate surface area is 159 Å². The van der Waals surface area contributed by atoms with E-state index in [1.807, 2.05) is 0 Å². The van der Waals surface area contributed by atoms with Gasteiger partial charge < -0.3 is 19.8 Å². The molecule has 0 amide bonds. The number of allylic oxidation sites excluding steroid dienone is 2. The number of carboxylic acids is 2. The summed E-state index contributed by atoms with van der Waals surface area (Å²) in [7, 11) is 0. The zero-order chi connectivity index (χ0) is 15.0. The monoisotopic (exact) mass is 488 g/mol. The van der Waals surface area contributed by atoms with E-state index < -0.39 is 19.5 Å². The van der Waals surface area contributed by atoms with E-state index in [4.69, 9.17) is 69.6 Å². The van der Waals surface area contributed by atoms with Crippen molar-refractivity contribution in [2.45, 2.75) is 7.59 Å². The van der Waals surface area contributed by atoms with Crippen molar-refractivity contribution >= 4 is 81.5 Å². The Bertz CT molecular complexity index is 310. The fraction of sp³-hybridized carbons (Fsp3) is 0.250. The predicted octanol–water partition coefficient (Wildman–Crippen LogP) is 1.32. The summed E-state index contributed by atoms with van der Waals surface area (Å²) in [5, 5.41) is 19.3. The van der Waals surface area contributed by atoms with Gasteiger partial charge in [-0.1, -0.05) is 69.6 Å². The maximum atomic E-state index is 9.67. The molecule has 104 valence electrons. The van der Waals surface area contributed by atoms with Crippen molar-refractivity contribution in [1.82, 2.24) is 0 Å². The van der Waals surface area contributed by atoms with Crippen molar-refractivity contribution < 1.29 is 47.1 Å². The summed E-state index contributed by atoms with van der Waals surface area (Å²) in [6.07, 6.45) is 3.11. The van der Waals surface area contributed by atoms with Crippen LogP contribution in [0.2, 0.25) is 0 Å². The van der Waals surface area contributed by atoms with Gasteiger partial charge in [-0.05, 0) is 24.3 Å². The molecule has 0 rings (SSSR count). The summed E-state index contributed by atoms with van der Waals surface area (Å²) in [6.45, 7) is 0. The van der Waals surface area contributed by atoms with E-state index in [0.29, 0.717) is 12.2 Å². The van der Waals surface area contributed by atoms with Gasteiger partial charge in [0.25, 0.3) is 0 Å². The summed E-state index contributed by atoms with van der Waals surface area (Å²) in [6, 6.07) is 0. The zero-order valence-corrected chi connectivity index (χ0v) is 17.5. The number of carboxylic acid groups (broad SMARTS) is 2. The molecule has 4 nitrogen and oxygen atoms in total. The van der Waals surface area contributed by atoms with E-state index in [-0.39, 0.29) is 27.3 Å². The smallest absolute Gasteiger partial charge is 0.545 e. The van der Waals surface area contributed by atoms with Gasteiger partial charge in [0.2, 0.25) is 7.59 Å². The third kappa shape index (κ3) is 32.5. The molecule has 0 aliphatic carbocycles. The van der Waals surface area contributed by atoms with Crippen molar-refractivity contribution in [3.63, 3.8) is 0 Å². The van der Waals surface area contributed by atoms with E-state index >= 15 is 0 Å². The number of halogens is 6. The van der Waals surface area contributed by atoms with Crippen LogP contribution in [0.5, 0.6) is 0 Å². The third-order valence-electron chi connectivity index (χ3n) is 0.817. The molecule has 0 aromatic heterocycles. The first-order chi connectivity index (χ1) is 7.83. The quantitative estimate of drug-likeness (QED) is 0.333. The predicted molar refractivity (Wildman–Crippen MR) is 68.9 cm³/mol. The second-order valence-corrected chi connectivity index (χ2v) is 7.13. The molecule has 0 atom stereocenters. The Morgan fingerprint density at radius 1 is 0.737 bits per heavy atom. The van der Waals surface area contributed by atoms with Gasteiger partial charge >= 0.3 is 27.3 Å². The fourth-order valence-corrected chi connectivity index (χ4v) is 0.703. The van der Waals surface area contributed by atoms with Crippen LogP contribution in [0.15, 0.2) is 24.3 Å². The summed E-state index contributed by atoms with van der Waals surface area (Å²) in [5.41, 5.74) is 0. The second kappa shape index (κ2) is 11.7. The molecule has 0 spiro atoms. The molecule has 0 heterocycles. The van der Waals surface area contributed by atoms with E-state index in [1.165, 1.54) is 0 Å². The number of carbonyl (C=O) groups excluding carboxylic acids is 2. The van der Waals surface area contributed by atoms with Crippen LogP contribution < -0.4 is 10.2 Å². The summed E-state index contributed by atoms with van der Waals surface area (Å²) < 4.78 is -3.31. The van der Waals surface area contributed by atoms with Crippen LogP contribution in [0, 0.1) is 0 Å². The maximum Gasteiger partial charge on any atom is 2.00 e. The van der Waals surface area contributed by atoms with Gasteiger partial charge in [-0.3, -0.25) is 0 Å². The molecule has 19 heavy (non-hydrogen) atoms. The Balaban J connectivity index is -0.000000256. The Hall–Kier alpha value is 1.08. The first-order valence-electron chi connectivity index (χ1n) is 3.77. The Morgan fingerprint density at radius 2 is 0.947 bits per heavy atom. The number of rotatable bonds is 2. The van der Waals surface area contributed by atoms with Crippen LogP contribution in [-0.2, 0) is 36.9 Å². The van der Waals surface area contributed by atoms with Gasteiger partial charge in [0.05, 0.1) is 11.9 Å². The maximum absolute atomic E-state index is 9.67. The third-order valence-corrected chi connectivity index (χ3v) is 1.57. The first kappa shape index (κ1) is 25.1. The van der Waals surface area contributed by atoms with Crippen LogP contribution >= 0.6 is 69.6 Å². The van der Waals surface area contributed by atoms with Crippen molar-refractivity contribution in [2.24, 2.45) is 0 Å². The second-order valence-electron chi connectivity index (χ2n) is 2.39. The van der Waals surface area contributed by atoms with Gasteiger partial charge in [-0.25, -0.2) is 0 Å². The van der Waals surface area contributed by atoms with E-state index in [9.17, 15) is 19.8 Å². The SMILES string of the molecule is O=C([O-])/C=C/C(Cl)(Cl)Cl.O=C([O-])/C=C/C(Cl)(Cl)Cl.[Cd+2]. The van der Waals surface area contributed by atoms with Crippen LogP contribution in [-0.4, -0.2) is 19.5 Å². The standard InChI is InChI=1S/2C4H3Cl3O2.Cd/c2*5-4(6,7)2-1-3(8)9;/h2*1-2H,(H,8,9);/q;;+2/p-2/b2*2-1+;. The minimum absolute atomic E-state index is 0. The molecule has 0 aromatic carbocycles. The molecule has 0 aliphatic heterocycles. The number of hydrogen-bond donors (Lipinski definition) is 0. The summed E-state index contributed by atoms with van der Waals surface area (Å²) >= 11 is 30.8. The van der Waals surface area contributed by atoms with E-state index in [0.717, 1.165) is 12.2 Å². The van der Waals surface area contributed by atoms with Gasteiger partial charge in [-0.15, -0.1) is 0 Å². The van der Waals surface area contributed by atoms with E-state index in [2.05, 4.69) is 0 Å². The Kier molecular flexibility index (Phi) is 15.4. The number of hydrogen-bond acceptors (Lipinski definition) is 4. The molecule has 0 fully saturated rings. The average Bonchev–Trinajstić information content (AvgIpc) is 2.10. The normalized spacial score (nSPS) is 11.7. The molecular weight excluding hydrogens is 485 g/mol. The molecule has 0 N–H and O–H groups in total. The molecule has 0 unspecified atom stereocenters. The molecule has 0 saturated heterocycles. The minimum atomic E-state index is -1.65. The first-order valence-corrected chi connectivity index (χ1v) is 6.04. The molecular formula is C8H4CdCl6O4. The summed E-state index contributed by atoms with van der Waals surface area (Å²) in [4.78, 5) is 19.3. The molecule has 11 heteroatoms. The largest absolute Gasteiger partial charge is 2.00 e. The minimum Gasteiger partial charge on any atom is -0.545 e. The van der Waals surface area contributed by atoms with Crippen LogP contribution in [0.1, 0.15) is 0 Å². The molecule has 0 radical (unpaired) electrons. The fourth-order valence-electron chi connectivity index (χ4n) is 0.325. The van der Waals surface area contributed by atoms with Crippen molar-refractivity contribution in [3.05, 3.63) is 24.3 Å². The zero-order valence-electron chi connectivity index (χ0n) is 8.92. The molecule has 0 saturated carbocycles. The summed E-state index contributed by atoms with van der Waals surface area (Å²) in [5.74, 6) is -2.78. The van der Waals surface area contributed by atoms with Gasteiger partial charge in [0, 0.05) is 0 Å². The van der Waals surface area contributed by atoms with E-state index in [1.54, 1.807) is 0 Å². The number of alkyl halides is 6. The van der Waals surface area contributed by atoms with Crippen molar-refractivity contribution in [2.75, 3.05) is 0 Å². The van der Waals surface area contributed by atoms with Gasteiger partial charge in [0.15, 0.2) is 0 Å². The Morgan fingerprint density at radius 3 is 1.00 bits per heavy atom. The van der Waals surface area contributed by atoms with Crippen molar-refractivity contribution in [3.8, 4) is 0 Å². The molecule has 0 bridgehead atoms. The molecule has 0 aromatic rings. The van der Waals surface area contributed by atoms with Crippen LogP contribution in [0.25, 0.3) is 0 Å². The van der Waals surface area contributed by atoms with Crippen LogP contribution in [0.3, 0.4) is 0 Å².